The van der Waals surface area contributed by atoms with Gasteiger partial charge in [0.2, 0.25) is 0 Å². The van der Waals surface area contributed by atoms with Crippen molar-refractivity contribution >= 4 is 18.2 Å². The lowest BCUT2D eigenvalue weighted by Crippen LogP contribution is -2.53. The van der Waals surface area contributed by atoms with Crippen molar-refractivity contribution in [2.24, 2.45) is 0 Å². The fourth-order valence-corrected chi connectivity index (χ4v) is 2.32. The Morgan fingerprint density at radius 2 is 1.72 bits per heavy atom. The predicted octanol–water partition coefficient (Wildman–Crippen LogP) is 3.06. The predicted molar refractivity (Wildman–Crippen MR) is 93.3 cm³/mol. The first kappa shape index (κ1) is 18.8. The summed E-state index contributed by atoms with van der Waals surface area (Å²) in [5.41, 5.74) is -0.138. The van der Waals surface area contributed by atoms with Gasteiger partial charge in [-0.05, 0) is 32.9 Å². The van der Waals surface area contributed by atoms with Crippen LogP contribution in [0, 0.1) is 5.82 Å². The van der Waals surface area contributed by atoms with E-state index < -0.39 is 5.60 Å². The highest BCUT2D eigenvalue weighted by Gasteiger charge is 2.27. The molecule has 0 unspecified atom stereocenters. The zero-order valence-electron chi connectivity index (χ0n) is 14.8. The third kappa shape index (κ3) is 5.77. The number of carbonyl (C=O) groups excluding carboxylic acids is 2. The van der Waals surface area contributed by atoms with Gasteiger partial charge in [-0.2, -0.15) is 0 Å². The average molecular weight is 349 g/mol. The summed E-state index contributed by atoms with van der Waals surface area (Å²) >= 11 is 0. The van der Waals surface area contributed by atoms with Crippen molar-refractivity contribution in [1.29, 1.82) is 0 Å². The van der Waals surface area contributed by atoms with Crippen LogP contribution in [-0.4, -0.2) is 53.7 Å². The molecule has 0 aromatic heterocycles. The molecule has 1 N–H and O–H groups in total. The molecule has 1 heterocycles. The van der Waals surface area contributed by atoms with Gasteiger partial charge >= 0.3 is 12.1 Å². The molecule has 25 heavy (non-hydrogen) atoms. The highest BCUT2D eigenvalue weighted by molar-refractivity contribution is 5.76. The Balaban J connectivity index is 1.79. The minimum atomic E-state index is -0.539. The Bertz CT molecular complexity index is 647. The van der Waals surface area contributed by atoms with E-state index in [-0.39, 0.29) is 17.9 Å². The van der Waals surface area contributed by atoms with Gasteiger partial charge in [0.05, 0.1) is 0 Å². The lowest BCUT2D eigenvalue weighted by Gasteiger charge is -2.35. The van der Waals surface area contributed by atoms with Gasteiger partial charge in [0, 0.05) is 37.9 Å². The van der Waals surface area contributed by atoms with E-state index in [1.807, 2.05) is 20.8 Å². The van der Waals surface area contributed by atoms with Gasteiger partial charge in [-0.15, -0.1) is 0 Å². The first-order valence-electron chi connectivity index (χ1n) is 8.21. The van der Waals surface area contributed by atoms with Gasteiger partial charge < -0.3 is 19.9 Å². The summed E-state index contributed by atoms with van der Waals surface area (Å²) in [6.07, 6.45) is 2.55. The van der Waals surface area contributed by atoms with Gasteiger partial charge in [0.1, 0.15) is 11.4 Å². The maximum absolute atomic E-state index is 13.5. The molecule has 6 nitrogen and oxygen atoms in total. The second kappa shape index (κ2) is 8.00. The second-order valence-electron chi connectivity index (χ2n) is 6.76. The third-order valence-electron chi connectivity index (χ3n) is 3.59. The average Bonchev–Trinajstić information content (AvgIpc) is 2.55. The molecule has 0 atom stereocenters. The van der Waals surface area contributed by atoms with Crippen LogP contribution in [0.4, 0.5) is 14.0 Å². The number of urea groups is 1. The molecule has 0 bridgehead atoms. The molecule has 0 saturated carbocycles. The van der Waals surface area contributed by atoms with Crippen molar-refractivity contribution in [3.8, 4) is 0 Å². The molecule has 1 fully saturated rings. The molecule has 136 valence electrons. The van der Waals surface area contributed by atoms with Crippen LogP contribution >= 0.6 is 0 Å². The highest BCUT2D eigenvalue weighted by Crippen LogP contribution is 2.12. The monoisotopic (exact) mass is 349 g/mol. The number of hydrogen-bond acceptors (Lipinski definition) is 3. The number of rotatable bonds is 2. The highest BCUT2D eigenvalue weighted by atomic mass is 19.1. The molecule has 1 saturated heterocycles. The number of halogens is 1. The molecule has 1 aromatic carbocycles. The molecule has 1 aliphatic rings. The second-order valence-corrected chi connectivity index (χ2v) is 6.76. The van der Waals surface area contributed by atoms with E-state index in [0.717, 1.165) is 0 Å². The smallest absolute Gasteiger partial charge is 0.410 e. The molecule has 1 aliphatic heterocycles. The van der Waals surface area contributed by atoms with Crippen molar-refractivity contribution < 1.29 is 18.7 Å². The van der Waals surface area contributed by atoms with Gasteiger partial charge in [0.15, 0.2) is 0 Å². The number of carbonyl (C=O) groups is 2. The van der Waals surface area contributed by atoms with Crippen LogP contribution in [0.25, 0.3) is 6.08 Å². The van der Waals surface area contributed by atoms with E-state index in [0.29, 0.717) is 31.7 Å². The summed E-state index contributed by atoms with van der Waals surface area (Å²) in [4.78, 5) is 27.3. The molecule has 0 spiro atoms. The van der Waals surface area contributed by atoms with Crippen LogP contribution in [0.1, 0.15) is 26.3 Å². The summed E-state index contributed by atoms with van der Waals surface area (Å²) in [7, 11) is 0. The fraction of sp³-hybridized carbons (Fsp3) is 0.444. The van der Waals surface area contributed by atoms with Crippen LogP contribution in [0.3, 0.4) is 0 Å². The van der Waals surface area contributed by atoms with Gasteiger partial charge in [-0.1, -0.05) is 18.2 Å². The van der Waals surface area contributed by atoms with E-state index in [4.69, 9.17) is 4.74 Å². The summed E-state index contributed by atoms with van der Waals surface area (Å²) in [6.45, 7) is 7.11. The lowest BCUT2D eigenvalue weighted by molar-refractivity contribution is 0.0171. The SMILES string of the molecule is CC(C)(C)OC(=O)N1CCN(C(=O)N/C=C/c2ccccc2F)CC1. The first-order valence-corrected chi connectivity index (χ1v) is 8.21. The van der Waals surface area contributed by atoms with Crippen LogP contribution < -0.4 is 5.32 Å². The molecule has 2 rings (SSSR count). The number of benzene rings is 1. The normalized spacial score (nSPS) is 15.4. The minimum absolute atomic E-state index is 0.281. The number of hydrogen-bond donors (Lipinski definition) is 1. The summed E-state index contributed by atoms with van der Waals surface area (Å²) in [5.74, 6) is -0.348. The maximum atomic E-state index is 13.5. The Labute approximate surface area is 147 Å². The van der Waals surface area contributed by atoms with Crippen molar-refractivity contribution in [2.45, 2.75) is 26.4 Å². The minimum Gasteiger partial charge on any atom is -0.444 e. The van der Waals surface area contributed by atoms with Crippen molar-refractivity contribution in [1.82, 2.24) is 15.1 Å². The van der Waals surface area contributed by atoms with E-state index in [9.17, 15) is 14.0 Å². The third-order valence-corrected chi connectivity index (χ3v) is 3.59. The van der Waals surface area contributed by atoms with E-state index in [1.165, 1.54) is 18.3 Å². The van der Waals surface area contributed by atoms with Crippen LogP contribution in [0.2, 0.25) is 0 Å². The zero-order valence-corrected chi connectivity index (χ0v) is 14.8. The van der Waals surface area contributed by atoms with Crippen LogP contribution in [0.5, 0.6) is 0 Å². The van der Waals surface area contributed by atoms with Crippen LogP contribution in [0.15, 0.2) is 30.5 Å². The Morgan fingerprint density at radius 3 is 2.32 bits per heavy atom. The molecule has 3 amide bonds. The topological polar surface area (TPSA) is 61.9 Å². The number of nitrogens with zero attached hydrogens (tertiary/aromatic N) is 2. The van der Waals surface area contributed by atoms with E-state index in [1.54, 1.807) is 28.0 Å². The largest absolute Gasteiger partial charge is 0.444 e. The number of amides is 3. The van der Waals surface area contributed by atoms with E-state index >= 15 is 0 Å². The molecule has 1 aromatic rings. The Hall–Kier alpha value is -2.57. The van der Waals surface area contributed by atoms with Crippen LogP contribution in [-0.2, 0) is 4.74 Å². The standard InChI is InChI=1S/C18H24FN3O3/c1-18(2,3)25-17(24)22-12-10-21(11-13-22)16(23)20-9-8-14-6-4-5-7-15(14)19/h4-9H,10-13H2,1-3H3,(H,20,23)/b9-8+. The maximum Gasteiger partial charge on any atom is 0.410 e. The summed E-state index contributed by atoms with van der Waals surface area (Å²) < 4.78 is 18.8. The number of ether oxygens (including phenoxy) is 1. The molecular formula is C18H24FN3O3. The molecular weight excluding hydrogens is 325 g/mol. The first-order chi connectivity index (χ1) is 11.8. The fourth-order valence-electron chi connectivity index (χ4n) is 2.32. The lowest BCUT2D eigenvalue weighted by atomic mass is 10.2. The quantitative estimate of drug-likeness (QED) is 0.893. The van der Waals surface area contributed by atoms with Gasteiger partial charge in [-0.25, -0.2) is 14.0 Å². The molecule has 0 radical (unpaired) electrons. The summed E-state index contributed by atoms with van der Waals surface area (Å²) in [5, 5.41) is 2.62. The molecule has 7 heteroatoms. The van der Waals surface area contributed by atoms with Gasteiger partial charge in [0.25, 0.3) is 0 Å². The Morgan fingerprint density at radius 1 is 1.12 bits per heavy atom. The van der Waals surface area contributed by atoms with Crippen molar-refractivity contribution in [3.05, 3.63) is 41.8 Å². The Kier molecular flexibility index (Phi) is 6.01. The zero-order chi connectivity index (χ0) is 18.4. The molecule has 0 aliphatic carbocycles. The summed E-state index contributed by atoms with van der Waals surface area (Å²) in [6, 6.07) is 6.03. The number of piperazine rings is 1. The van der Waals surface area contributed by atoms with Gasteiger partial charge in [-0.3, -0.25) is 0 Å². The number of nitrogens with one attached hydrogen (secondary N) is 1. The van der Waals surface area contributed by atoms with Crippen molar-refractivity contribution in [2.75, 3.05) is 26.2 Å². The van der Waals surface area contributed by atoms with Crippen molar-refractivity contribution in [3.63, 3.8) is 0 Å². The van der Waals surface area contributed by atoms with E-state index in [2.05, 4.69) is 5.32 Å².